The van der Waals surface area contributed by atoms with Crippen molar-refractivity contribution < 1.29 is 9.47 Å². The van der Waals surface area contributed by atoms with E-state index in [1.807, 2.05) is 25.2 Å². The lowest BCUT2D eigenvalue weighted by atomic mass is 10.1. The predicted molar refractivity (Wildman–Crippen MR) is 87.8 cm³/mol. The van der Waals surface area contributed by atoms with Crippen LogP contribution < -0.4 is 14.8 Å². The zero-order valence-electron chi connectivity index (χ0n) is 11.5. The van der Waals surface area contributed by atoms with Crippen LogP contribution in [0.1, 0.15) is 24.5 Å². The monoisotopic (exact) mass is 395 g/mol. The van der Waals surface area contributed by atoms with E-state index in [9.17, 15) is 0 Å². The van der Waals surface area contributed by atoms with Crippen molar-refractivity contribution >= 4 is 28.4 Å². The van der Waals surface area contributed by atoms with Gasteiger partial charge in [0.1, 0.15) is 5.82 Å². The lowest BCUT2D eigenvalue weighted by Crippen LogP contribution is -2.04. The number of hydrogen-bond acceptors (Lipinski definition) is 5. The minimum atomic E-state index is 0.279. The Bertz CT molecular complexity index is 716. The van der Waals surface area contributed by atoms with E-state index in [-0.39, 0.29) is 6.79 Å². The van der Waals surface area contributed by atoms with Crippen LogP contribution in [-0.4, -0.2) is 23.8 Å². The van der Waals surface area contributed by atoms with Gasteiger partial charge >= 0.3 is 0 Å². The molecular formula is C15H14IN3O2. The molecule has 1 saturated carbocycles. The summed E-state index contributed by atoms with van der Waals surface area (Å²) in [5.74, 6) is 3.74. The van der Waals surface area contributed by atoms with E-state index in [0.717, 1.165) is 38.0 Å². The molecule has 0 saturated heterocycles. The summed E-state index contributed by atoms with van der Waals surface area (Å²) in [6.07, 6.45) is 2.44. The number of aromatic nitrogens is 2. The Hall–Kier alpha value is -1.57. The van der Waals surface area contributed by atoms with E-state index in [1.165, 1.54) is 12.8 Å². The molecule has 2 aliphatic rings. The second-order valence-electron chi connectivity index (χ2n) is 5.19. The summed E-state index contributed by atoms with van der Waals surface area (Å²) in [6, 6.07) is 5.83. The van der Waals surface area contributed by atoms with Crippen molar-refractivity contribution in [3.05, 3.63) is 27.5 Å². The quantitative estimate of drug-likeness (QED) is 0.808. The Balaban J connectivity index is 1.82. The summed E-state index contributed by atoms with van der Waals surface area (Å²) in [4.78, 5) is 9.41. The van der Waals surface area contributed by atoms with Crippen LogP contribution in [0.5, 0.6) is 11.5 Å². The van der Waals surface area contributed by atoms with Gasteiger partial charge in [-0.1, -0.05) is 0 Å². The topological polar surface area (TPSA) is 56.3 Å². The molecular weight excluding hydrogens is 381 g/mol. The fourth-order valence-corrected chi connectivity index (χ4v) is 3.37. The highest BCUT2D eigenvalue weighted by Gasteiger charge is 2.29. The molecule has 1 aromatic carbocycles. The van der Waals surface area contributed by atoms with E-state index in [4.69, 9.17) is 14.5 Å². The summed E-state index contributed by atoms with van der Waals surface area (Å²) >= 11 is 2.33. The summed E-state index contributed by atoms with van der Waals surface area (Å²) in [5, 5.41) is 3.17. The van der Waals surface area contributed by atoms with Crippen LogP contribution in [-0.2, 0) is 0 Å². The van der Waals surface area contributed by atoms with Crippen molar-refractivity contribution in [3.8, 4) is 22.9 Å². The highest BCUT2D eigenvalue weighted by molar-refractivity contribution is 14.1. The molecule has 2 aromatic rings. The maximum atomic E-state index is 5.44. The third-order valence-electron chi connectivity index (χ3n) is 3.71. The fraction of sp³-hybridized carbons (Fsp3) is 0.333. The van der Waals surface area contributed by atoms with Gasteiger partial charge in [0.25, 0.3) is 0 Å². The van der Waals surface area contributed by atoms with Crippen LogP contribution in [0.2, 0.25) is 0 Å². The summed E-state index contributed by atoms with van der Waals surface area (Å²) < 4.78 is 11.9. The van der Waals surface area contributed by atoms with Gasteiger partial charge in [-0.2, -0.15) is 0 Å². The Morgan fingerprint density at radius 1 is 1.19 bits per heavy atom. The van der Waals surface area contributed by atoms with Gasteiger partial charge in [-0.05, 0) is 53.6 Å². The predicted octanol–water partition coefficient (Wildman–Crippen LogP) is 3.40. The van der Waals surface area contributed by atoms with Gasteiger partial charge in [0.05, 0.1) is 9.26 Å². The van der Waals surface area contributed by atoms with E-state index >= 15 is 0 Å². The van der Waals surface area contributed by atoms with Crippen LogP contribution in [0.25, 0.3) is 11.4 Å². The summed E-state index contributed by atoms with van der Waals surface area (Å²) in [7, 11) is 1.89. The average molecular weight is 395 g/mol. The number of benzene rings is 1. The number of fused-ring (bicyclic) bond motifs is 1. The smallest absolute Gasteiger partial charge is 0.231 e. The Kier molecular flexibility index (Phi) is 3.13. The number of anilines is 1. The van der Waals surface area contributed by atoms with Crippen LogP contribution in [0.3, 0.4) is 0 Å². The van der Waals surface area contributed by atoms with Gasteiger partial charge in [-0.15, -0.1) is 0 Å². The van der Waals surface area contributed by atoms with E-state index in [0.29, 0.717) is 5.92 Å². The fourth-order valence-electron chi connectivity index (χ4n) is 2.42. The van der Waals surface area contributed by atoms with Crippen molar-refractivity contribution in [1.29, 1.82) is 0 Å². The number of halogens is 1. The Morgan fingerprint density at radius 3 is 2.76 bits per heavy atom. The number of nitrogens with zero attached hydrogens (tertiary/aromatic N) is 2. The van der Waals surface area contributed by atoms with Crippen molar-refractivity contribution in [2.24, 2.45) is 0 Å². The van der Waals surface area contributed by atoms with Gasteiger partial charge in [0, 0.05) is 18.5 Å². The molecule has 0 bridgehead atoms. The zero-order chi connectivity index (χ0) is 14.4. The molecule has 4 rings (SSSR count). The van der Waals surface area contributed by atoms with Gasteiger partial charge in [-0.3, -0.25) is 0 Å². The highest BCUT2D eigenvalue weighted by atomic mass is 127. The van der Waals surface area contributed by atoms with Crippen molar-refractivity contribution in [2.75, 3.05) is 19.2 Å². The highest BCUT2D eigenvalue weighted by Crippen LogP contribution is 2.43. The molecule has 0 amide bonds. The lowest BCUT2D eigenvalue weighted by molar-refractivity contribution is 0.174. The molecule has 1 fully saturated rings. The molecule has 21 heavy (non-hydrogen) atoms. The first kappa shape index (κ1) is 13.1. The number of hydrogen-bond donors (Lipinski definition) is 1. The standard InChI is InChI=1S/C15H14IN3O2/c1-17-15-12(16)13(8-2-3-8)18-14(19-15)9-4-5-10-11(6-9)21-7-20-10/h4-6,8H,2-3,7H2,1H3,(H,17,18,19). The van der Waals surface area contributed by atoms with E-state index in [1.54, 1.807) is 0 Å². The number of ether oxygens (including phenoxy) is 2. The number of nitrogens with one attached hydrogen (secondary N) is 1. The van der Waals surface area contributed by atoms with Crippen LogP contribution in [0.15, 0.2) is 18.2 Å². The molecule has 1 aliphatic carbocycles. The lowest BCUT2D eigenvalue weighted by Gasteiger charge is -2.11. The third kappa shape index (κ3) is 2.31. The first-order chi connectivity index (χ1) is 10.3. The van der Waals surface area contributed by atoms with Gasteiger partial charge in [0.15, 0.2) is 17.3 Å². The first-order valence-electron chi connectivity index (χ1n) is 6.91. The summed E-state index contributed by atoms with van der Waals surface area (Å²) in [5.41, 5.74) is 2.11. The summed E-state index contributed by atoms with van der Waals surface area (Å²) in [6.45, 7) is 0.279. The molecule has 0 radical (unpaired) electrons. The molecule has 1 N–H and O–H groups in total. The number of rotatable bonds is 3. The van der Waals surface area contributed by atoms with Crippen LogP contribution >= 0.6 is 22.6 Å². The van der Waals surface area contributed by atoms with Crippen molar-refractivity contribution in [1.82, 2.24) is 9.97 Å². The maximum absolute atomic E-state index is 5.44. The Morgan fingerprint density at radius 2 is 2.00 bits per heavy atom. The van der Waals surface area contributed by atoms with Crippen molar-refractivity contribution in [2.45, 2.75) is 18.8 Å². The largest absolute Gasteiger partial charge is 0.454 e. The minimum absolute atomic E-state index is 0.279. The average Bonchev–Trinajstić information content (AvgIpc) is 3.24. The minimum Gasteiger partial charge on any atom is -0.454 e. The van der Waals surface area contributed by atoms with Gasteiger partial charge < -0.3 is 14.8 Å². The third-order valence-corrected chi connectivity index (χ3v) is 4.77. The SMILES string of the molecule is CNc1nc(-c2ccc3c(c2)OCO3)nc(C2CC2)c1I. The van der Waals surface area contributed by atoms with Crippen LogP contribution in [0.4, 0.5) is 5.82 Å². The second kappa shape index (κ2) is 5.01. The van der Waals surface area contributed by atoms with Gasteiger partial charge in [0.2, 0.25) is 6.79 Å². The normalized spacial score (nSPS) is 16.1. The first-order valence-corrected chi connectivity index (χ1v) is 7.99. The molecule has 1 aliphatic heterocycles. The van der Waals surface area contributed by atoms with Crippen LogP contribution in [0, 0.1) is 3.57 Å². The van der Waals surface area contributed by atoms with Gasteiger partial charge in [-0.25, -0.2) is 9.97 Å². The second-order valence-corrected chi connectivity index (χ2v) is 6.27. The molecule has 0 spiro atoms. The molecule has 2 heterocycles. The van der Waals surface area contributed by atoms with Crippen molar-refractivity contribution in [3.63, 3.8) is 0 Å². The van der Waals surface area contributed by atoms with E-state index in [2.05, 4.69) is 32.9 Å². The molecule has 0 unspecified atom stereocenters. The molecule has 5 nitrogen and oxygen atoms in total. The molecule has 108 valence electrons. The maximum Gasteiger partial charge on any atom is 0.231 e. The molecule has 6 heteroatoms. The Labute approximate surface area is 136 Å². The zero-order valence-corrected chi connectivity index (χ0v) is 13.7. The molecule has 0 atom stereocenters. The molecule has 1 aromatic heterocycles. The van der Waals surface area contributed by atoms with E-state index < -0.39 is 0 Å².